The molecule has 104 valence electrons. The van der Waals surface area contributed by atoms with E-state index in [-0.39, 0.29) is 17.9 Å². The van der Waals surface area contributed by atoms with Crippen LogP contribution in [0.25, 0.3) is 0 Å². The lowest BCUT2D eigenvalue weighted by molar-refractivity contribution is -0.126. The second-order valence-electron chi connectivity index (χ2n) is 5.54. The summed E-state index contributed by atoms with van der Waals surface area (Å²) in [6.45, 7) is 1.88. The zero-order valence-corrected chi connectivity index (χ0v) is 11.5. The Morgan fingerprint density at radius 1 is 1.32 bits per heavy atom. The molecule has 2 rings (SSSR count). The quantitative estimate of drug-likeness (QED) is 0.854. The standard InChI is InChI=1S/C16H23NO2/c1-12(17-16(19)14-9-5-6-10-14)15(18)11-13-7-3-2-4-8-13/h2-4,7-8,12,14-15,18H,5-6,9-11H2,1H3,(H,17,19). The van der Waals surface area contributed by atoms with Crippen molar-refractivity contribution in [2.24, 2.45) is 5.92 Å². The van der Waals surface area contributed by atoms with E-state index in [2.05, 4.69) is 5.32 Å². The minimum absolute atomic E-state index is 0.108. The summed E-state index contributed by atoms with van der Waals surface area (Å²) in [6, 6.07) is 9.67. The van der Waals surface area contributed by atoms with Crippen LogP contribution in [0.4, 0.5) is 0 Å². The summed E-state index contributed by atoms with van der Waals surface area (Å²) < 4.78 is 0. The van der Waals surface area contributed by atoms with Gasteiger partial charge >= 0.3 is 0 Å². The fraction of sp³-hybridized carbons (Fsp3) is 0.562. The molecule has 1 saturated carbocycles. The van der Waals surface area contributed by atoms with Crippen molar-refractivity contribution in [2.75, 3.05) is 0 Å². The Morgan fingerprint density at radius 3 is 2.58 bits per heavy atom. The van der Waals surface area contributed by atoms with Gasteiger partial charge in [0.2, 0.25) is 5.91 Å². The van der Waals surface area contributed by atoms with Crippen molar-refractivity contribution < 1.29 is 9.90 Å². The molecule has 0 spiro atoms. The summed E-state index contributed by atoms with van der Waals surface area (Å²) in [7, 11) is 0. The van der Waals surface area contributed by atoms with Gasteiger partial charge in [0.15, 0.2) is 0 Å². The maximum atomic E-state index is 12.0. The minimum atomic E-state index is -0.534. The van der Waals surface area contributed by atoms with Crippen LogP contribution < -0.4 is 5.32 Å². The van der Waals surface area contributed by atoms with E-state index in [0.29, 0.717) is 6.42 Å². The topological polar surface area (TPSA) is 49.3 Å². The molecule has 0 aliphatic heterocycles. The van der Waals surface area contributed by atoms with Crippen LogP contribution in [0.1, 0.15) is 38.2 Å². The van der Waals surface area contributed by atoms with Crippen LogP contribution in [-0.2, 0) is 11.2 Å². The van der Waals surface area contributed by atoms with Crippen molar-refractivity contribution in [1.82, 2.24) is 5.32 Å². The first-order valence-electron chi connectivity index (χ1n) is 7.19. The fourth-order valence-corrected chi connectivity index (χ4v) is 2.66. The Hall–Kier alpha value is -1.35. The molecule has 1 aliphatic rings. The first-order chi connectivity index (χ1) is 9.16. The second-order valence-corrected chi connectivity index (χ2v) is 5.54. The molecule has 1 amide bonds. The maximum absolute atomic E-state index is 12.0. The van der Waals surface area contributed by atoms with Gasteiger partial charge in [0.25, 0.3) is 0 Å². The smallest absolute Gasteiger partial charge is 0.223 e. The van der Waals surface area contributed by atoms with Gasteiger partial charge in [-0.15, -0.1) is 0 Å². The van der Waals surface area contributed by atoms with Gasteiger partial charge in [-0.25, -0.2) is 0 Å². The van der Waals surface area contributed by atoms with E-state index in [0.717, 1.165) is 31.2 Å². The summed E-state index contributed by atoms with van der Waals surface area (Å²) in [4.78, 5) is 12.0. The van der Waals surface area contributed by atoms with Crippen LogP contribution in [0, 0.1) is 5.92 Å². The SMILES string of the molecule is CC(NC(=O)C1CCCC1)C(O)Cc1ccccc1. The molecule has 1 aliphatic carbocycles. The molecular weight excluding hydrogens is 238 g/mol. The highest BCUT2D eigenvalue weighted by Gasteiger charge is 2.25. The van der Waals surface area contributed by atoms with Gasteiger partial charge in [0.1, 0.15) is 0 Å². The Morgan fingerprint density at radius 2 is 1.95 bits per heavy atom. The molecule has 0 saturated heterocycles. The van der Waals surface area contributed by atoms with E-state index in [1.807, 2.05) is 37.3 Å². The summed E-state index contributed by atoms with van der Waals surface area (Å²) in [5.41, 5.74) is 1.09. The van der Waals surface area contributed by atoms with Gasteiger partial charge < -0.3 is 10.4 Å². The van der Waals surface area contributed by atoms with Gasteiger partial charge in [-0.2, -0.15) is 0 Å². The molecule has 2 unspecified atom stereocenters. The van der Waals surface area contributed by atoms with Crippen LogP contribution in [0.2, 0.25) is 0 Å². The molecule has 1 fully saturated rings. The maximum Gasteiger partial charge on any atom is 0.223 e. The predicted octanol–water partition coefficient (Wildman–Crippen LogP) is 2.28. The monoisotopic (exact) mass is 261 g/mol. The Kier molecular flexibility index (Phi) is 4.97. The molecule has 0 radical (unpaired) electrons. The number of carbonyl (C=O) groups is 1. The fourth-order valence-electron chi connectivity index (χ4n) is 2.66. The van der Waals surface area contributed by atoms with Gasteiger partial charge in [0.05, 0.1) is 12.1 Å². The highest BCUT2D eigenvalue weighted by Crippen LogP contribution is 2.24. The summed E-state index contributed by atoms with van der Waals surface area (Å²) in [5.74, 6) is 0.267. The van der Waals surface area contributed by atoms with Crippen LogP contribution in [0.15, 0.2) is 30.3 Å². The Balaban J connectivity index is 1.81. The van der Waals surface area contributed by atoms with Crippen molar-refractivity contribution in [2.45, 2.75) is 51.2 Å². The van der Waals surface area contributed by atoms with Crippen LogP contribution in [0.5, 0.6) is 0 Å². The zero-order chi connectivity index (χ0) is 13.7. The number of rotatable bonds is 5. The van der Waals surface area contributed by atoms with Crippen molar-refractivity contribution in [1.29, 1.82) is 0 Å². The number of aliphatic hydroxyl groups is 1. The third kappa shape index (κ3) is 4.06. The van der Waals surface area contributed by atoms with E-state index in [1.54, 1.807) is 0 Å². The molecule has 19 heavy (non-hydrogen) atoms. The van der Waals surface area contributed by atoms with Gasteiger partial charge in [-0.1, -0.05) is 43.2 Å². The number of carbonyl (C=O) groups excluding carboxylic acids is 1. The van der Waals surface area contributed by atoms with Crippen molar-refractivity contribution in [3.63, 3.8) is 0 Å². The average molecular weight is 261 g/mol. The number of hydrogen-bond donors (Lipinski definition) is 2. The number of benzene rings is 1. The third-order valence-corrected chi connectivity index (χ3v) is 3.96. The molecular formula is C16H23NO2. The van der Waals surface area contributed by atoms with Crippen LogP contribution in [0.3, 0.4) is 0 Å². The molecule has 0 heterocycles. The number of amides is 1. The molecule has 0 bridgehead atoms. The van der Waals surface area contributed by atoms with E-state index < -0.39 is 6.10 Å². The van der Waals surface area contributed by atoms with E-state index >= 15 is 0 Å². The second kappa shape index (κ2) is 6.71. The first-order valence-corrected chi connectivity index (χ1v) is 7.19. The van der Waals surface area contributed by atoms with Crippen LogP contribution in [-0.4, -0.2) is 23.2 Å². The van der Waals surface area contributed by atoms with Crippen molar-refractivity contribution >= 4 is 5.91 Å². The summed E-state index contributed by atoms with van der Waals surface area (Å²) >= 11 is 0. The molecule has 1 aromatic carbocycles. The summed E-state index contributed by atoms with van der Waals surface area (Å²) in [6.07, 6.45) is 4.33. The molecule has 1 aromatic rings. The van der Waals surface area contributed by atoms with Gasteiger partial charge in [-0.05, 0) is 25.3 Å². The number of aliphatic hydroxyl groups excluding tert-OH is 1. The lowest BCUT2D eigenvalue weighted by atomic mass is 10.0. The highest BCUT2D eigenvalue weighted by atomic mass is 16.3. The van der Waals surface area contributed by atoms with E-state index in [1.165, 1.54) is 0 Å². The van der Waals surface area contributed by atoms with Crippen molar-refractivity contribution in [3.8, 4) is 0 Å². The molecule has 2 N–H and O–H groups in total. The highest BCUT2D eigenvalue weighted by molar-refractivity contribution is 5.79. The number of hydrogen-bond acceptors (Lipinski definition) is 2. The van der Waals surface area contributed by atoms with Crippen molar-refractivity contribution in [3.05, 3.63) is 35.9 Å². The Labute approximate surface area is 115 Å². The van der Waals surface area contributed by atoms with E-state index in [4.69, 9.17) is 0 Å². The Bertz CT molecular complexity index is 398. The molecule has 0 aromatic heterocycles. The van der Waals surface area contributed by atoms with Crippen LogP contribution >= 0.6 is 0 Å². The van der Waals surface area contributed by atoms with Gasteiger partial charge in [-0.3, -0.25) is 4.79 Å². The molecule has 3 nitrogen and oxygen atoms in total. The minimum Gasteiger partial charge on any atom is -0.391 e. The number of nitrogens with one attached hydrogen (secondary N) is 1. The molecule has 3 heteroatoms. The van der Waals surface area contributed by atoms with Gasteiger partial charge in [0, 0.05) is 12.3 Å². The first kappa shape index (κ1) is 14.1. The lowest BCUT2D eigenvalue weighted by Gasteiger charge is -2.22. The van der Waals surface area contributed by atoms with E-state index in [9.17, 15) is 9.90 Å². The predicted molar refractivity (Wildman–Crippen MR) is 75.7 cm³/mol. The summed E-state index contributed by atoms with van der Waals surface area (Å²) in [5, 5.41) is 13.1. The molecule has 2 atom stereocenters. The largest absolute Gasteiger partial charge is 0.391 e. The average Bonchev–Trinajstić information content (AvgIpc) is 2.93. The lowest BCUT2D eigenvalue weighted by Crippen LogP contribution is -2.44. The normalized spacial score (nSPS) is 19.1. The third-order valence-electron chi connectivity index (χ3n) is 3.96. The zero-order valence-electron chi connectivity index (χ0n) is 11.5.